The van der Waals surface area contributed by atoms with Crippen molar-refractivity contribution in [2.45, 2.75) is 62.8 Å². The molecule has 1 aliphatic carbocycles. The number of hydrogen-bond donors (Lipinski definition) is 1. The standard InChI is InChI=1S/C16H29N3O2/c1-4-16(12-17,18-13-6-7-13)8-5-9-19-10-14(20-2)15(11-19)21-3/h13-15,18H,4-11H2,1-3H3. The number of nitriles is 1. The summed E-state index contributed by atoms with van der Waals surface area (Å²) in [4.78, 5) is 2.39. The van der Waals surface area contributed by atoms with E-state index in [9.17, 15) is 5.26 Å². The molecule has 0 spiro atoms. The van der Waals surface area contributed by atoms with Crippen LogP contribution in [0.15, 0.2) is 0 Å². The Morgan fingerprint density at radius 3 is 2.29 bits per heavy atom. The van der Waals surface area contributed by atoms with E-state index >= 15 is 0 Å². The quantitative estimate of drug-likeness (QED) is 0.699. The highest BCUT2D eigenvalue weighted by molar-refractivity contribution is 5.09. The van der Waals surface area contributed by atoms with Crippen molar-refractivity contribution in [3.63, 3.8) is 0 Å². The molecule has 1 saturated carbocycles. The van der Waals surface area contributed by atoms with E-state index in [1.165, 1.54) is 12.8 Å². The number of rotatable bonds is 9. The molecule has 5 nitrogen and oxygen atoms in total. The van der Waals surface area contributed by atoms with Crippen molar-refractivity contribution in [3.05, 3.63) is 0 Å². The van der Waals surface area contributed by atoms with Gasteiger partial charge in [-0.1, -0.05) is 6.92 Å². The molecule has 2 fully saturated rings. The van der Waals surface area contributed by atoms with Crippen molar-refractivity contribution in [2.24, 2.45) is 0 Å². The van der Waals surface area contributed by atoms with Crippen molar-refractivity contribution in [2.75, 3.05) is 33.9 Å². The van der Waals surface area contributed by atoms with Gasteiger partial charge in [-0.05, 0) is 38.6 Å². The first kappa shape index (κ1) is 16.7. The van der Waals surface area contributed by atoms with Gasteiger partial charge in [0.05, 0.1) is 18.3 Å². The fourth-order valence-electron chi connectivity index (χ4n) is 3.19. The van der Waals surface area contributed by atoms with Crippen molar-refractivity contribution in [1.82, 2.24) is 10.2 Å². The van der Waals surface area contributed by atoms with Gasteiger partial charge in [-0.3, -0.25) is 10.2 Å². The summed E-state index contributed by atoms with van der Waals surface area (Å²) in [5, 5.41) is 13.1. The molecule has 0 amide bonds. The maximum Gasteiger partial charge on any atom is 0.106 e. The fourth-order valence-corrected chi connectivity index (χ4v) is 3.19. The second kappa shape index (κ2) is 7.55. The largest absolute Gasteiger partial charge is 0.377 e. The first-order valence-corrected chi connectivity index (χ1v) is 8.13. The van der Waals surface area contributed by atoms with E-state index in [2.05, 4.69) is 23.2 Å². The predicted octanol–water partition coefficient (Wildman–Crippen LogP) is 1.54. The minimum atomic E-state index is -0.331. The Kier molecular flexibility index (Phi) is 6.00. The summed E-state index contributed by atoms with van der Waals surface area (Å²) in [6.45, 7) is 4.97. The molecule has 1 N–H and O–H groups in total. The second-order valence-corrected chi connectivity index (χ2v) is 6.38. The number of nitrogens with zero attached hydrogens (tertiary/aromatic N) is 2. The number of methoxy groups -OCH3 is 2. The summed E-state index contributed by atoms with van der Waals surface area (Å²) < 4.78 is 10.9. The average molecular weight is 295 g/mol. The van der Waals surface area contributed by atoms with Gasteiger partial charge in [0.2, 0.25) is 0 Å². The normalized spacial score (nSPS) is 29.2. The lowest BCUT2D eigenvalue weighted by molar-refractivity contribution is -0.00461. The number of nitrogens with one attached hydrogen (secondary N) is 1. The van der Waals surface area contributed by atoms with E-state index < -0.39 is 0 Å². The van der Waals surface area contributed by atoms with Crippen LogP contribution in [0.2, 0.25) is 0 Å². The zero-order valence-corrected chi connectivity index (χ0v) is 13.6. The minimum absolute atomic E-state index is 0.173. The van der Waals surface area contributed by atoms with E-state index in [0.717, 1.165) is 38.9 Å². The molecule has 3 unspecified atom stereocenters. The van der Waals surface area contributed by atoms with Crippen molar-refractivity contribution in [1.29, 1.82) is 5.26 Å². The Labute approximate surface area is 128 Å². The molecule has 21 heavy (non-hydrogen) atoms. The summed E-state index contributed by atoms with van der Waals surface area (Å²) in [7, 11) is 3.50. The SMILES string of the molecule is CCC(C#N)(CCCN1CC(OC)C(OC)C1)NC1CC1. The van der Waals surface area contributed by atoms with E-state index in [0.29, 0.717) is 6.04 Å². The van der Waals surface area contributed by atoms with Crippen molar-refractivity contribution in [3.8, 4) is 6.07 Å². The van der Waals surface area contributed by atoms with Crippen LogP contribution in [-0.2, 0) is 9.47 Å². The third kappa shape index (κ3) is 4.40. The molecule has 1 saturated heterocycles. The maximum absolute atomic E-state index is 9.54. The number of likely N-dealkylation sites (tertiary alicyclic amines) is 1. The van der Waals surface area contributed by atoms with Crippen LogP contribution in [0.3, 0.4) is 0 Å². The second-order valence-electron chi connectivity index (χ2n) is 6.38. The van der Waals surface area contributed by atoms with Crippen LogP contribution in [0.4, 0.5) is 0 Å². The zero-order chi connectivity index (χ0) is 15.3. The van der Waals surface area contributed by atoms with E-state index in [-0.39, 0.29) is 17.7 Å². The summed E-state index contributed by atoms with van der Waals surface area (Å²) in [6.07, 6.45) is 5.62. The highest BCUT2D eigenvalue weighted by atomic mass is 16.5. The molecule has 0 aromatic heterocycles. The molecule has 120 valence electrons. The van der Waals surface area contributed by atoms with Crippen LogP contribution in [0.5, 0.6) is 0 Å². The molecule has 0 bridgehead atoms. The highest BCUT2D eigenvalue weighted by Crippen LogP contribution is 2.27. The van der Waals surface area contributed by atoms with E-state index in [1.54, 1.807) is 14.2 Å². The van der Waals surface area contributed by atoms with Gasteiger partial charge < -0.3 is 9.47 Å². The Balaban J connectivity index is 1.76. The molecule has 0 aromatic rings. The molecule has 0 radical (unpaired) electrons. The van der Waals surface area contributed by atoms with Gasteiger partial charge in [0.25, 0.3) is 0 Å². The Morgan fingerprint density at radius 2 is 1.86 bits per heavy atom. The summed E-state index contributed by atoms with van der Waals surface area (Å²) >= 11 is 0. The third-order valence-corrected chi connectivity index (χ3v) is 4.85. The monoisotopic (exact) mass is 295 g/mol. The van der Waals surface area contributed by atoms with Gasteiger partial charge in [-0.25, -0.2) is 0 Å². The molecule has 1 heterocycles. The lowest BCUT2D eigenvalue weighted by atomic mass is 9.91. The first-order valence-electron chi connectivity index (χ1n) is 8.13. The number of hydrogen-bond acceptors (Lipinski definition) is 5. The van der Waals surface area contributed by atoms with Crippen LogP contribution in [-0.4, -0.2) is 62.5 Å². The Hall–Kier alpha value is -0.670. The predicted molar refractivity (Wildman–Crippen MR) is 82.1 cm³/mol. The lowest BCUT2D eigenvalue weighted by Crippen LogP contribution is -2.45. The van der Waals surface area contributed by atoms with Gasteiger partial charge in [-0.15, -0.1) is 0 Å². The summed E-state index contributed by atoms with van der Waals surface area (Å²) in [5.41, 5.74) is -0.331. The van der Waals surface area contributed by atoms with Crippen molar-refractivity contribution >= 4 is 0 Å². The molecular weight excluding hydrogens is 266 g/mol. The van der Waals surface area contributed by atoms with Crippen LogP contribution in [0.1, 0.15) is 39.0 Å². The summed E-state index contributed by atoms with van der Waals surface area (Å²) in [6, 6.07) is 3.10. The number of ether oxygens (including phenoxy) is 2. The van der Waals surface area contributed by atoms with Gasteiger partial charge in [0, 0.05) is 33.4 Å². The molecular formula is C16H29N3O2. The summed E-state index contributed by atoms with van der Waals surface area (Å²) in [5.74, 6) is 0. The third-order valence-electron chi connectivity index (χ3n) is 4.85. The minimum Gasteiger partial charge on any atom is -0.377 e. The highest BCUT2D eigenvalue weighted by Gasteiger charge is 2.36. The van der Waals surface area contributed by atoms with Gasteiger partial charge >= 0.3 is 0 Å². The lowest BCUT2D eigenvalue weighted by Gasteiger charge is -2.27. The Morgan fingerprint density at radius 1 is 1.24 bits per heavy atom. The molecule has 0 aromatic carbocycles. The Bertz CT molecular complexity index is 355. The average Bonchev–Trinajstić information content (AvgIpc) is 3.23. The fraction of sp³-hybridized carbons (Fsp3) is 0.938. The molecule has 3 atom stereocenters. The van der Waals surface area contributed by atoms with E-state index in [1.807, 2.05) is 0 Å². The van der Waals surface area contributed by atoms with E-state index in [4.69, 9.17) is 9.47 Å². The molecule has 2 aliphatic rings. The van der Waals surface area contributed by atoms with Crippen LogP contribution >= 0.6 is 0 Å². The van der Waals surface area contributed by atoms with Gasteiger partial charge in [0.1, 0.15) is 5.54 Å². The molecule has 2 rings (SSSR count). The van der Waals surface area contributed by atoms with Crippen LogP contribution in [0.25, 0.3) is 0 Å². The van der Waals surface area contributed by atoms with Crippen LogP contribution < -0.4 is 5.32 Å². The van der Waals surface area contributed by atoms with Crippen molar-refractivity contribution < 1.29 is 9.47 Å². The zero-order valence-electron chi connectivity index (χ0n) is 13.6. The maximum atomic E-state index is 9.54. The first-order chi connectivity index (χ1) is 10.2. The molecule has 1 aliphatic heterocycles. The molecule has 5 heteroatoms. The smallest absolute Gasteiger partial charge is 0.106 e. The van der Waals surface area contributed by atoms with Gasteiger partial charge in [-0.2, -0.15) is 5.26 Å². The van der Waals surface area contributed by atoms with Gasteiger partial charge in [0.15, 0.2) is 0 Å². The van der Waals surface area contributed by atoms with Crippen LogP contribution in [0, 0.1) is 11.3 Å². The topological polar surface area (TPSA) is 57.5 Å².